The first-order valence-corrected chi connectivity index (χ1v) is 3.83. The number of carbonyl (C=O) groups is 1. The first-order valence-electron chi connectivity index (χ1n) is 2.95. The third-order valence-corrected chi connectivity index (χ3v) is 2.11. The molecule has 0 spiro atoms. The molecule has 0 aliphatic carbocycles. The summed E-state index contributed by atoms with van der Waals surface area (Å²) in [4.78, 5) is 10.8. The highest BCUT2D eigenvalue weighted by Crippen LogP contribution is 2.18. The molecule has 0 saturated heterocycles. The lowest BCUT2D eigenvalue weighted by atomic mass is 10.2. The highest BCUT2D eigenvalue weighted by molar-refractivity contribution is 7.11. The summed E-state index contributed by atoms with van der Waals surface area (Å²) >= 11 is 1.35. The Morgan fingerprint density at radius 2 is 2.50 bits per heavy atom. The number of aldehydes is 1. The Morgan fingerprint density at radius 3 is 2.80 bits per heavy atom. The normalized spacial score (nSPS) is 13.0. The maximum absolute atomic E-state index is 10.2. The van der Waals surface area contributed by atoms with Crippen LogP contribution >= 0.6 is 11.3 Å². The zero-order valence-electron chi connectivity index (χ0n) is 5.57. The lowest BCUT2D eigenvalue weighted by molar-refractivity contribution is 0.112. The van der Waals surface area contributed by atoms with Gasteiger partial charge >= 0.3 is 0 Å². The number of hydrogen-bond acceptors (Lipinski definition) is 3. The van der Waals surface area contributed by atoms with Gasteiger partial charge in [-0.05, 0) is 23.9 Å². The van der Waals surface area contributed by atoms with Crippen LogP contribution < -0.4 is 0 Å². The topological polar surface area (TPSA) is 37.3 Å². The molecule has 0 aliphatic rings. The Morgan fingerprint density at radius 1 is 1.80 bits per heavy atom. The molecule has 0 aliphatic heterocycles. The van der Waals surface area contributed by atoms with Crippen LogP contribution in [-0.4, -0.2) is 11.4 Å². The number of aliphatic hydroxyl groups is 1. The van der Waals surface area contributed by atoms with Gasteiger partial charge in [-0.25, -0.2) is 0 Å². The molecule has 1 aromatic rings. The maximum Gasteiger partial charge on any atom is 0.160 e. The highest BCUT2D eigenvalue weighted by atomic mass is 32.1. The van der Waals surface area contributed by atoms with Gasteiger partial charge in [-0.2, -0.15) is 0 Å². The lowest BCUT2D eigenvalue weighted by Crippen LogP contribution is -1.85. The monoisotopic (exact) mass is 156 g/mol. The molecule has 1 rings (SSSR count). The number of aliphatic hydroxyl groups excluding tert-OH is 1. The standard InChI is InChI=1S/C7H8O2S/c1-5(9)6-2-7(3-8)10-4-6/h2-5,9H,1H3/t5-/m0/s1. The van der Waals surface area contributed by atoms with Gasteiger partial charge in [0.1, 0.15) is 0 Å². The minimum Gasteiger partial charge on any atom is -0.389 e. The van der Waals surface area contributed by atoms with Crippen LogP contribution in [0.3, 0.4) is 0 Å². The quantitative estimate of drug-likeness (QED) is 0.660. The minimum atomic E-state index is -0.468. The summed E-state index contributed by atoms with van der Waals surface area (Å²) in [7, 11) is 0. The van der Waals surface area contributed by atoms with E-state index >= 15 is 0 Å². The van der Waals surface area contributed by atoms with E-state index in [2.05, 4.69) is 0 Å². The van der Waals surface area contributed by atoms with Crippen molar-refractivity contribution in [3.8, 4) is 0 Å². The van der Waals surface area contributed by atoms with Gasteiger partial charge in [-0.1, -0.05) is 0 Å². The van der Waals surface area contributed by atoms with Gasteiger partial charge in [-0.3, -0.25) is 4.79 Å². The third-order valence-electron chi connectivity index (χ3n) is 1.24. The van der Waals surface area contributed by atoms with Gasteiger partial charge in [0.2, 0.25) is 0 Å². The third kappa shape index (κ3) is 1.43. The Balaban J connectivity index is 2.88. The second-order valence-corrected chi connectivity index (χ2v) is 3.02. The summed E-state index contributed by atoms with van der Waals surface area (Å²) in [5, 5.41) is 10.8. The SMILES string of the molecule is C[C@H](O)c1csc(C=O)c1. The molecule has 0 amide bonds. The van der Waals surface area contributed by atoms with E-state index in [9.17, 15) is 4.79 Å². The van der Waals surface area contributed by atoms with E-state index in [1.54, 1.807) is 18.4 Å². The molecule has 0 saturated carbocycles. The van der Waals surface area contributed by atoms with Gasteiger partial charge in [-0.15, -0.1) is 11.3 Å². The Labute approximate surface area is 63.1 Å². The largest absolute Gasteiger partial charge is 0.389 e. The molecule has 2 nitrogen and oxygen atoms in total. The van der Waals surface area contributed by atoms with Crippen LogP contribution in [0.1, 0.15) is 28.3 Å². The van der Waals surface area contributed by atoms with Crippen LogP contribution in [0.4, 0.5) is 0 Å². The molecular weight excluding hydrogens is 148 g/mol. The van der Waals surface area contributed by atoms with Crippen molar-refractivity contribution in [2.24, 2.45) is 0 Å². The predicted molar refractivity (Wildman–Crippen MR) is 40.3 cm³/mol. The molecule has 0 bridgehead atoms. The molecule has 0 unspecified atom stereocenters. The van der Waals surface area contributed by atoms with Gasteiger partial charge in [0, 0.05) is 0 Å². The van der Waals surface area contributed by atoms with E-state index in [0.717, 1.165) is 11.8 Å². The van der Waals surface area contributed by atoms with E-state index in [0.29, 0.717) is 4.88 Å². The van der Waals surface area contributed by atoms with Crippen LogP contribution in [0.25, 0.3) is 0 Å². The fraction of sp³-hybridized carbons (Fsp3) is 0.286. The van der Waals surface area contributed by atoms with Crippen LogP contribution in [0, 0.1) is 0 Å². The summed E-state index contributed by atoms with van der Waals surface area (Å²) in [6, 6.07) is 1.70. The van der Waals surface area contributed by atoms with Crippen molar-refractivity contribution in [3.05, 3.63) is 21.9 Å². The van der Waals surface area contributed by atoms with Crippen molar-refractivity contribution in [2.75, 3.05) is 0 Å². The van der Waals surface area contributed by atoms with Crippen molar-refractivity contribution in [2.45, 2.75) is 13.0 Å². The molecule has 54 valence electrons. The predicted octanol–water partition coefficient (Wildman–Crippen LogP) is 1.61. The molecule has 0 aromatic carbocycles. The summed E-state index contributed by atoms with van der Waals surface area (Å²) < 4.78 is 0. The Hall–Kier alpha value is -0.670. The van der Waals surface area contributed by atoms with Crippen LogP contribution in [0.2, 0.25) is 0 Å². The average molecular weight is 156 g/mol. The smallest absolute Gasteiger partial charge is 0.160 e. The van der Waals surface area contributed by atoms with E-state index in [1.807, 2.05) is 0 Å². The molecule has 1 N–H and O–H groups in total. The molecule has 1 aromatic heterocycles. The zero-order chi connectivity index (χ0) is 7.56. The zero-order valence-corrected chi connectivity index (χ0v) is 6.39. The number of rotatable bonds is 2. The van der Waals surface area contributed by atoms with Crippen LogP contribution in [-0.2, 0) is 0 Å². The van der Waals surface area contributed by atoms with Crippen molar-refractivity contribution in [1.82, 2.24) is 0 Å². The van der Waals surface area contributed by atoms with Gasteiger partial charge < -0.3 is 5.11 Å². The van der Waals surface area contributed by atoms with Crippen molar-refractivity contribution in [1.29, 1.82) is 0 Å². The maximum atomic E-state index is 10.2. The fourth-order valence-electron chi connectivity index (χ4n) is 0.649. The van der Waals surface area contributed by atoms with Crippen molar-refractivity contribution in [3.63, 3.8) is 0 Å². The summed E-state index contributed by atoms with van der Waals surface area (Å²) in [5.41, 5.74) is 0.812. The minimum absolute atomic E-state index is 0.468. The van der Waals surface area contributed by atoms with E-state index < -0.39 is 6.10 Å². The average Bonchev–Trinajstić information content (AvgIpc) is 2.34. The molecule has 0 radical (unpaired) electrons. The second kappa shape index (κ2) is 2.94. The van der Waals surface area contributed by atoms with Crippen LogP contribution in [0.5, 0.6) is 0 Å². The van der Waals surface area contributed by atoms with Gasteiger partial charge in [0.05, 0.1) is 11.0 Å². The highest BCUT2D eigenvalue weighted by Gasteiger charge is 2.02. The molecule has 3 heteroatoms. The lowest BCUT2D eigenvalue weighted by Gasteiger charge is -1.96. The molecular formula is C7H8O2S. The molecule has 0 fully saturated rings. The Kier molecular flexibility index (Phi) is 2.19. The summed E-state index contributed by atoms with van der Waals surface area (Å²) in [6.07, 6.45) is 0.321. The first-order chi connectivity index (χ1) is 4.74. The van der Waals surface area contributed by atoms with E-state index in [1.165, 1.54) is 11.3 Å². The molecule has 10 heavy (non-hydrogen) atoms. The number of thiophene rings is 1. The van der Waals surface area contributed by atoms with Crippen LogP contribution in [0.15, 0.2) is 11.4 Å². The van der Waals surface area contributed by atoms with Crippen molar-refractivity contribution < 1.29 is 9.90 Å². The van der Waals surface area contributed by atoms with Gasteiger partial charge in [0.15, 0.2) is 6.29 Å². The Bertz CT molecular complexity index is 227. The number of carbonyl (C=O) groups excluding carboxylic acids is 1. The molecule has 1 heterocycles. The first kappa shape index (κ1) is 7.44. The van der Waals surface area contributed by atoms with E-state index in [-0.39, 0.29) is 0 Å². The summed E-state index contributed by atoms with van der Waals surface area (Å²) in [6.45, 7) is 1.68. The second-order valence-electron chi connectivity index (χ2n) is 2.08. The van der Waals surface area contributed by atoms with Crippen molar-refractivity contribution >= 4 is 17.6 Å². The number of hydrogen-bond donors (Lipinski definition) is 1. The fourth-order valence-corrected chi connectivity index (χ4v) is 1.45. The van der Waals surface area contributed by atoms with E-state index in [4.69, 9.17) is 5.11 Å². The van der Waals surface area contributed by atoms with Gasteiger partial charge in [0.25, 0.3) is 0 Å². The molecule has 1 atom stereocenters. The summed E-state index contributed by atoms with van der Waals surface area (Å²) in [5.74, 6) is 0.